The van der Waals surface area contributed by atoms with Crippen molar-refractivity contribution < 1.29 is 4.74 Å². The topological polar surface area (TPSA) is 21.3 Å². The van der Waals surface area contributed by atoms with E-state index < -0.39 is 0 Å². The second-order valence-corrected chi connectivity index (χ2v) is 5.72. The lowest BCUT2D eigenvalue weighted by Crippen LogP contribution is -2.16. The second kappa shape index (κ2) is 6.77. The van der Waals surface area contributed by atoms with Crippen LogP contribution in [0.4, 0.5) is 0 Å². The summed E-state index contributed by atoms with van der Waals surface area (Å²) in [4.78, 5) is 0. The van der Waals surface area contributed by atoms with Crippen LogP contribution < -0.4 is 10.1 Å². The van der Waals surface area contributed by atoms with Gasteiger partial charge in [0.2, 0.25) is 0 Å². The number of hydrogen-bond donors (Lipinski definition) is 1. The van der Waals surface area contributed by atoms with Gasteiger partial charge >= 0.3 is 0 Å². The third-order valence-electron chi connectivity index (χ3n) is 3.96. The molecule has 1 fully saturated rings. The third kappa shape index (κ3) is 4.08. The van der Waals surface area contributed by atoms with E-state index >= 15 is 0 Å². The molecule has 1 aliphatic rings. The summed E-state index contributed by atoms with van der Waals surface area (Å²) in [6, 6.07) is 17.7. The lowest BCUT2D eigenvalue weighted by molar-refractivity contribution is 0.302. The van der Waals surface area contributed by atoms with E-state index in [1.807, 2.05) is 6.07 Å². The van der Waals surface area contributed by atoms with Crippen molar-refractivity contribution in [1.29, 1.82) is 0 Å². The molecule has 0 heterocycles. The first-order valence-electron chi connectivity index (χ1n) is 7.87. The van der Waals surface area contributed by atoms with Crippen LogP contribution >= 0.6 is 0 Å². The van der Waals surface area contributed by atoms with Crippen LogP contribution in [-0.4, -0.2) is 6.04 Å². The minimum atomic E-state index is 0.629. The van der Waals surface area contributed by atoms with Gasteiger partial charge in [0.25, 0.3) is 0 Å². The van der Waals surface area contributed by atoms with E-state index in [0.29, 0.717) is 6.61 Å². The molecule has 0 saturated heterocycles. The zero-order valence-corrected chi connectivity index (χ0v) is 12.6. The number of nitrogens with one attached hydrogen (secondary N) is 1. The molecule has 0 aliphatic heterocycles. The van der Waals surface area contributed by atoms with Gasteiger partial charge in [0, 0.05) is 18.2 Å². The molecule has 0 spiro atoms. The Hall–Kier alpha value is -1.80. The Bertz CT molecular complexity index is 572. The highest BCUT2D eigenvalue weighted by Crippen LogP contribution is 2.23. The quantitative estimate of drug-likeness (QED) is 0.825. The SMILES string of the molecule is CCc1ccc(COc2ccccc2CNC2CC2)cc1. The summed E-state index contributed by atoms with van der Waals surface area (Å²) in [5.74, 6) is 0.991. The van der Waals surface area contributed by atoms with Crippen molar-refractivity contribution >= 4 is 0 Å². The van der Waals surface area contributed by atoms with Gasteiger partial charge in [-0.05, 0) is 36.5 Å². The molecule has 2 heteroatoms. The minimum absolute atomic E-state index is 0.629. The molecule has 110 valence electrons. The van der Waals surface area contributed by atoms with Crippen LogP contribution in [0.1, 0.15) is 36.5 Å². The Morgan fingerprint density at radius 2 is 1.71 bits per heavy atom. The number of rotatable bonds is 7. The molecular formula is C19H23NO. The van der Waals surface area contributed by atoms with Crippen LogP contribution in [0.3, 0.4) is 0 Å². The van der Waals surface area contributed by atoms with Gasteiger partial charge in [0.1, 0.15) is 12.4 Å². The van der Waals surface area contributed by atoms with E-state index in [9.17, 15) is 0 Å². The largest absolute Gasteiger partial charge is 0.489 e. The van der Waals surface area contributed by atoms with Gasteiger partial charge in [-0.15, -0.1) is 0 Å². The van der Waals surface area contributed by atoms with Gasteiger partial charge in [0.05, 0.1) is 0 Å². The molecule has 0 radical (unpaired) electrons. The molecular weight excluding hydrogens is 258 g/mol. The van der Waals surface area contributed by atoms with Crippen molar-refractivity contribution in [2.24, 2.45) is 0 Å². The monoisotopic (exact) mass is 281 g/mol. The maximum atomic E-state index is 6.01. The zero-order chi connectivity index (χ0) is 14.5. The number of benzene rings is 2. The lowest BCUT2D eigenvalue weighted by atomic mass is 10.1. The summed E-state index contributed by atoms with van der Waals surface area (Å²) in [6.45, 7) is 3.70. The van der Waals surface area contributed by atoms with Crippen molar-refractivity contribution in [3.8, 4) is 5.75 Å². The fraction of sp³-hybridized carbons (Fsp3) is 0.368. The first-order chi connectivity index (χ1) is 10.3. The maximum Gasteiger partial charge on any atom is 0.124 e. The Kier molecular flexibility index (Phi) is 4.56. The number of aryl methyl sites for hydroxylation is 1. The van der Waals surface area contributed by atoms with E-state index in [1.165, 1.54) is 29.5 Å². The van der Waals surface area contributed by atoms with Gasteiger partial charge in [-0.3, -0.25) is 0 Å². The second-order valence-electron chi connectivity index (χ2n) is 5.72. The molecule has 2 aromatic rings. The molecule has 21 heavy (non-hydrogen) atoms. The van der Waals surface area contributed by atoms with Crippen LogP contribution in [0.25, 0.3) is 0 Å². The van der Waals surface area contributed by atoms with Gasteiger partial charge in [-0.25, -0.2) is 0 Å². The Labute approximate surface area is 127 Å². The molecule has 0 aromatic heterocycles. The fourth-order valence-electron chi connectivity index (χ4n) is 2.36. The van der Waals surface area contributed by atoms with Crippen molar-refractivity contribution in [1.82, 2.24) is 5.32 Å². The Balaban J connectivity index is 1.60. The first-order valence-corrected chi connectivity index (χ1v) is 7.87. The van der Waals surface area contributed by atoms with Crippen LogP contribution in [0.5, 0.6) is 5.75 Å². The summed E-state index contributed by atoms with van der Waals surface area (Å²) in [6.07, 6.45) is 3.70. The van der Waals surface area contributed by atoms with Gasteiger partial charge in [-0.1, -0.05) is 49.4 Å². The zero-order valence-electron chi connectivity index (χ0n) is 12.6. The van der Waals surface area contributed by atoms with Crippen LogP contribution in [-0.2, 0) is 19.6 Å². The average Bonchev–Trinajstić information content (AvgIpc) is 3.36. The molecule has 2 aromatic carbocycles. The molecule has 1 aliphatic carbocycles. The molecule has 0 amide bonds. The van der Waals surface area contributed by atoms with Crippen molar-refractivity contribution in [3.05, 3.63) is 65.2 Å². The van der Waals surface area contributed by atoms with Gasteiger partial charge in [0.15, 0.2) is 0 Å². The molecule has 3 rings (SSSR count). The van der Waals surface area contributed by atoms with E-state index in [1.54, 1.807) is 0 Å². The summed E-state index contributed by atoms with van der Waals surface area (Å²) in [7, 11) is 0. The molecule has 0 unspecified atom stereocenters. The summed E-state index contributed by atoms with van der Waals surface area (Å²) in [5, 5.41) is 3.55. The predicted octanol–water partition coefficient (Wildman–Crippen LogP) is 4.08. The smallest absolute Gasteiger partial charge is 0.124 e. The number of para-hydroxylation sites is 1. The normalized spacial score (nSPS) is 14.1. The molecule has 1 saturated carbocycles. The van der Waals surface area contributed by atoms with Crippen molar-refractivity contribution in [2.75, 3.05) is 0 Å². The van der Waals surface area contributed by atoms with E-state index in [0.717, 1.165) is 24.8 Å². The Morgan fingerprint density at radius 3 is 2.43 bits per heavy atom. The highest BCUT2D eigenvalue weighted by molar-refractivity contribution is 5.33. The fourth-order valence-corrected chi connectivity index (χ4v) is 2.36. The van der Waals surface area contributed by atoms with Crippen molar-refractivity contribution in [3.63, 3.8) is 0 Å². The minimum Gasteiger partial charge on any atom is -0.489 e. The third-order valence-corrected chi connectivity index (χ3v) is 3.96. The summed E-state index contributed by atoms with van der Waals surface area (Å²) < 4.78 is 6.01. The standard InChI is InChI=1S/C19H23NO/c1-2-15-7-9-16(10-8-15)14-21-19-6-4-3-5-17(19)13-20-18-11-12-18/h3-10,18,20H,2,11-14H2,1H3. The predicted molar refractivity (Wildman–Crippen MR) is 86.5 cm³/mol. The summed E-state index contributed by atoms with van der Waals surface area (Å²) >= 11 is 0. The van der Waals surface area contributed by atoms with Gasteiger partial charge in [-0.2, -0.15) is 0 Å². The van der Waals surface area contributed by atoms with E-state index in [-0.39, 0.29) is 0 Å². The maximum absolute atomic E-state index is 6.01. The van der Waals surface area contributed by atoms with E-state index in [4.69, 9.17) is 4.74 Å². The number of ether oxygens (including phenoxy) is 1. The number of hydrogen-bond acceptors (Lipinski definition) is 2. The van der Waals surface area contributed by atoms with Crippen LogP contribution in [0, 0.1) is 0 Å². The van der Waals surface area contributed by atoms with E-state index in [2.05, 4.69) is 54.7 Å². The molecule has 0 bridgehead atoms. The Morgan fingerprint density at radius 1 is 1.00 bits per heavy atom. The molecule has 0 atom stereocenters. The van der Waals surface area contributed by atoms with Gasteiger partial charge < -0.3 is 10.1 Å². The summed E-state index contributed by atoms with van der Waals surface area (Å²) in [5.41, 5.74) is 3.83. The highest BCUT2D eigenvalue weighted by Gasteiger charge is 2.20. The van der Waals surface area contributed by atoms with Crippen molar-refractivity contribution in [2.45, 2.75) is 45.4 Å². The van der Waals surface area contributed by atoms with Crippen LogP contribution in [0.2, 0.25) is 0 Å². The highest BCUT2D eigenvalue weighted by atomic mass is 16.5. The molecule has 2 nitrogen and oxygen atoms in total. The van der Waals surface area contributed by atoms with Crippen LogP contribution in [0.15, 0.2) is 48.5 Å². The molecule has 1 N–H and O–H groups in total. The average molecular weight is 281 g/mol. The first kappa shape index (κ1) is 14.2. The lowest BCUT2D eigenvalue weighted by Gasteiger charge is -2.12.